The summed E-state index contributed by atoms with van der Waals surface area (Å²) in [4.78, 5) is 0. The van der Waals surface area contributed by atoms with Crippen molar-refractivity contribution < 1.29 is 14.2 Å². The van der Waals surface area contributed by atoms with Crippen molar-refractivity contribution in [1.29, 1.82) is 0 Å². The topological polar surface area (TPSA) is 43.3 Å². The largest absolute Gasteiger partial charge is 0.493 e. The van der Waals surface area contributed by atoms with Gasteiger partial charge in [-0.3, -0.25) is 5.01 Å². The van der Waals surface area contributed by atoms with Crippen molar-refractivity contribution in [2.24, 2.45) is 5.10 Å². The Balaban J connectivity index is 1.65. The van der Waals surface area contributed by atoms with Gasteiger partial charge in [-0.15, -0.1) is 0 Å². The maximum atomic E-state index is 5.87. The molecule has 0 N–H and O–H groups in total. The molecular formula is C19H22N2O3. The Labute approximate surface area is 142 Å². The van der Waals surface area contributed by atoms with Crippen molar-refractivity contribution in [2.45, 2.75) is 6.61 Å². The summed E-state index contributed by atoms with van der Waals surface area (Å²) in [6, 6.07) is 15.9. The Morgan fingerprint density at radius 3 is 2.62 bits per heavy atom. The number of rotatable bonds is 6. The van der Waals surface area contributed by atoms with Gasteiger partial charge in [-0.05, 0) is 29.3 Å². The van der Waals surface area contributed by atoms with E-state index in [1.165, 1.54) is 0 Å². The number of hydrazone groups is 1. The Morgan fingerprint density at radius 2 is 1.88 bits per heavy atom. The van der Waals surface area contributed by atoms with Crippen LogP contribution in [0.3, 0.4) is 0 Å². The van der Waals surface area contributed by atoms with E-state index < -0.39 is 0 Å². The summed E-state index contributed by atoms with van der Waals surface area (Å²) in [5.41, 5.74) is 2.10. The Kier molecular flexibility index (Phi) is 5.69. The molecule has 0 aliphatic carbocycles. The predicted molar refractivity (Wildman–Crippen MR) is 93.8 cm³/mol. The average molecular weight is 326 g/mol. The fraction of sp³-hybridized carbons (Fsp3) is 0.316. The first-order valence-corrected chi connectivity index (χ1v) is 8.06. The third kappa shape index (κ3) is 4.49. The average Bonchev–Trinajstić information content (AvgIpc) is 2.66. The van der Waals surface area contributed by atoms with Gasteiger partial charge in [0.15, 0.2) is 11.5 Å². The molecule has 5 nitrogen and oxygen atoms in total. The van der Waals surface area contributed by atoms with Crippen LogP contribution in [0.15, 0.2) is 53.6 Å². The van der Waals surface area contributed by atoms with Gasteiger partial charge in [-0.25, -0.2) is 0 Å². The normalized spacial score (nSPS) is 14.8. The Hall–Kier alpha value is -2.53. The van der Waals surface area contributed by atoms with E-state index in [-0.39, 0.29) is 0 Å². The van der Waals surface area contributed by atoms with Crippen LogP contribution in [0.1, 0.15) is 11.1 Å². The van der Waals surface area contributed by atoms with Crippen molar-refractivity contribution >= 4 is 6.21 Å². The first-order chi connectivity index (χ1) is 11.8. The lowest BCUT2D eigenvalue weighted by Crippen LogP contribution is -2.32. The molecule has 0 atom stereocenters. The summed E-state index contributed by atoms with van der Waals surface area (Å²) in [5, 5.41) is 6.49. The molecular weight excluding hydrogens is 304 g/mol. The van der Waals surface area contributed by atoms with Crippen LogP contribution in [0.2, 0.25) is 0 Å². The highest BCUT2D eigenvalue weighted by molar-refractivity contribution is 5.80. The van der Waals surface area contributed by atoms with Crippen LogP contribution in [-0.2, 0) is 11.3 Å². The molecule has 1 fully saturated rings. The molecule has 3 rings (SSSR count). The lowest BCUT2D eigenvalue weighted by atomic mass is 10.2. The molecule has 5 heteroatoms. The SMILES string of the molecule is COc1cc(/C=N\N2CCOCC2)ccc1OCc1ccccc1. The summed E-state index contributed by atoms with van der Waals surface area (Å²) in [6.45, 7) is 3.62. The number of ether oxygens (including phenoxy) is 3. The molecule has 0 bridgehead atoms. The van der Waals surface area contributed by atoms with Crippen LogP contribution in [-0.4, -0.2) is 44.6 Å². The number of methoxy groups -OCH3 is 1. The second-order valence-electron chi connectivity index (χ2n) is 5.50. The zero-order valence-electron chi connectivity index (χ0n) is 13.9. The first kappa shape index (κ1) is 16.3. The summed E-state index contributed by atoms with van der Waals surface area (Å²) < 4.78 is 16.6. The van der Waals surface area contributed by atoms with Gasteiger partial charge in [0.25, 0.3) is 0 Å². The van der Waals surface area contributed by atoms with Crippen molar-refractivity contribution in [3.63, 3.8) is 0 Å². The van der Waals surface area contributed by atoms with E-state index in [1.807, 2.05) is 59.8 Å². The van der Waals surface area contributed by atoms with Crippen LogP contribution >= 0.6 is 0 Å². The quantitative estimate of drug-likeness (QED) is 0.766. The predicted octanol–water partition coefficient (Wildman–Crippen LogP) is 2.94. The molecule has 0 radical (unpaired) electrons. The Morgan fingerprint density at radius 1 is 1.08 bits per heavy atom. The smallest absolute Gasteiger partial charge is 0.161 e. The van der Waals surface area contributed by atoms with Gasteiger partial charge in [0.2, 0.25) is 0 Å². The second kappa shape index (κ2) is 8.36. The molecule has 0 aromatic heterocycles. The fourth-order valence-electron chi connectivity index (χ4n) is 2.44. The molecule has 0 saturated carbocycles. The molecule has 1 aliphatic rings. The highest BCUT2D eigenvalue weighted by Crippen LogP contribution is 2.28. The first-order valence-electron chi connectivity index (χ1n) is 8.06. The monoisotopic (exact) mass is 326 g/mol. The van der Waals surface area contributed by atoms with E-state index in [9.17, 15) is 0 Å². The summed E-state index contributed by atoms with van der Waals surface area (Å²) in [6.07, 6.45) is 1.84. The highest BCUT2D eigenvalue weighted by Gasteiger charge is 2.08. The molecule has 2 aromatic rings. The molecule has 1 heterocycles. The van der Waals surface area contributed by atoms with E-state index in [4.69, 9.17) is 14.2 Å². The number of nitrogens with zero attached hydrogens (tertiary/aromatic N) is 2. The van der Waals surface area contributed by atoms with Crippen LogP contribution in [0, 0.1) is 0 Å². The number of hydrogen-bond acceptors (Lipinski definition) is 5. The van der Waals surface area contributed by atoms with Gasteiger partial charge in [0.05, 0.1) is 39.6 Å². The van der Waals surface area contributed by atoms with Crippen molar-refractivity contribution in [3.05, 3.63) is 59.7 Å². The maximum absolute atomic E-state index is 5.87. The summed E-state index contributed by atoms with van der Waals surface area (Å²) in [7, 11) is 1.65. The van der Waals surface area contributed by atoms with Crippen molar-refractivity contribution in [2.75, 3.05) is 33.4 Å². The number of hydrogen-bond donors (Lipinski definition) is 0. The van der Waals surface area contributed by atoms with Gasteiger partial charge in [0, 0.05) is 0 Å². The standard InChI is InChI=1S/C19H22N2O3/c1-22-19-13-17(14-20-21-9-11-23-12-10-21)7-8-18(19)24-15-16-5-3-2-4-6-16/h2-8,13-14H,9-12,15H2,1H3/b20-14-. The second-order valence-corrected chi connectivity index (χ2v) is 5.50. The van der Waals surface area contributed by atoms with E-state index in [0.29, 0.717) is 12.4 Å². The van der Waals surface area contributed by atoms with Gasteiger partial charge in [-0.1, -0.05) is 30.3 Å². The van der Waals surface area contributed by atoms with Crippen LogP contribution in [0.5, 0.6) is 11.5 Å². The van der Waals surface area contributed by atoms with E-state index in [0.717, 1.165) is 43.2 Å². The van der Waals surface area contributed by atoms with Gasteiger partial charge in [-0.2, -0.15) is 5.10 Å². The highest BCUT2D eigenvalue weighted by atomic mass is 16.5. The van der Waals surface area contributed by atoms with Crippen molar-refractivity contribution in [1.82, 2.24) is 5.01 Å². The number of morpholine rings is 1. The minimum atomic E-state index is 0.512. The minimum absolute atomic E-state index is 0.512. The van der Waals surface area contributed by atoms with Crippen LogP contribution < -0.4 is 9.47 Å². The van der Waals surface area contributed by atoms with E-state index in [1.54, 1.807) is 7.11 Å². The molecule has 1 aliphatic heterocycles. The molecule has 1 saturated heterocycles. The maximum Gasteiger partial charge on any atom is 0.161 e. The van der Waals surface area contributed by atoms with Gasteiger partial charge >= 0.3 is 0 Å². The lowest BCUT2D eigenvalue weighted by Gasteiger charge is -2.23. The van der Waals surface area contributed by atoms with Crippen LogP contribution in [0.25, 0.3) is 0 Å². The molecule has 0 amide bonds. The van der Waals surface area contributed by atoms with E-state index in [2.05, 4.69) is 5.10 Å². The zero-order valence-corrected chi connectivity index (χ0v) is 13.9. The Bertz CT molecular complexity index is 668. The van der Waals surface area contributed by atoms with Gasteiger partial charge < -0.3 is 14.2 Å². The third-order valence-corrected chi connectivity index (χ3v) is 3.78. The summed E-state index contributed by atoms with van der Waals surface area (Å²) >= 11 is 0. The molecule has 0 spiro atoms. The minimum Gasteiger partial charge on any atom is -0.493 e. The van der Waals surface area contributed by atoms with Crippen LogP contribution in [0.4, 0.5) is 0 Å². The molecule has 24 heavy (non-hydrogen) atoms. The van der Waals surface area contributed by atoms with E-state index >= 15 is 0 Å². The lowest BCUT2D eigenvalue weighted by molar-refractivity contribution is 0.0397. The third-order valence-electron chi connectivity index (χ3n) is 3.78. The molecule has 2 aromatic carbocycles. The molecule has 0 unspecified atom stereocenters. The zero-order chi connectivity index (χ0) is 16.6. The van der Waals surface area contributed by atoms with Crippen molar-refractivity contribution in [3.8, 4) is 11.5 Å². The fourth-order valence-corrected chi connectivity index (χ4v) is 2.44. The summed E-state index contributed by atoms with van der Waals surface area (Å²) in [5.74, 6) is 1.43. The molecule has 126 valence electrons. The van der Waals surface area contributed by atoms with Gasteiger partial charge in [0.1, 0.15) is 6.61 Å². The number of benzene rings is 2.